The Hall–Kier alpha value is -4.72. The number of amides is 2. The maximum Gasteiger partial charge on any atom is 0.261 e. The van der Waals surface area contributed by atoms with E-state index in [1.165, 1.54) is 16.9 Å². The summed E-state index contributed by atoms with van der Waals surface area (Å²) in [4.78, 5) is 26.8. The summed E-state index contributed by atoms with van der Waals surface area (Å²) in [5, 5.41) is 13.4. The molecule has 186 valence electrons. The average Bonchev–Trinajstić information content (AvgIpc) is 3.29. The van der Waals surface area contributed by atoms with Gasteiger partial charge in [0.1, 0.15) is 23.2 Å². The second kappa shape index (κ2) is 9.73. The average molecular weight is 496 g/mol. The van der Waals surface area contributed by atoms with E-state index < -0.39 is 11.9 Å². The Labute approximate surface area is 214 Å². The fourth-order valence-corrected chi connectivity index (χ4v) is 4.56. The maximum absolute atomic E-state index is 15.1. The van der Waals surface area contributed by atoms with Gasteiger partial charge < -0.3 is 16.0 Å². The van der Waals surface area contributed by atoms with E-state index in [1.54, 1.807) is 37.3 Å². The van der Waals surface area contributed by atoms with Crippen LogP contribution in [0.3, 0.4) is 0 Å². The monoisotopic (exact) mass is 495 g/mol. The fourth-order valence-electron chi connectivity index (χ4n) is 4.56. The predicted molar refractivity (Wildman–Crippen MR) is 142 cm³/mol. The summed E-state index contributed by atoms with van der Waals surface area (Å²) >= 11 is 0. The number of fused-ring (bicyclic) bond motifs is 1. The minimum atomic E-state index is -0.888. The number of rotatable bonds is 5. The minimum Gasteiger partial charge on any atom is -0.343 e. The molecular weight excluding hydrogens is 469 g/mol. The van der Waals surface area contributed by atoms with Gasteiger partial charge in [-0.25, -0.2) is 9.07 Å². The summed E-state index contributed by atoms with van der Waals surface area (Å²) in [5.41, 5.74) is 4.64. The molecular formula is C29H26FN5O2. The van der Waals surface area contributed by atoms with E-state index in [2.05, 4.69) is 21.0 Å². The first-order chi connectivity index (χ1) is 17.8. The number of nitrogens with one attached hydrogen (secondary N) is 3. The Morgan fingerprint density at radius 3 is 2.38 bits per heavy atom. The van der Waals surface area contributed by atoms with E-state index in [0.717, 1.165) is 11.1 Å². The summed E-state index contributed by atoms with van der Waals surface area (Å²) in [7, 11) is 0. The van der Waals surface area contributed by atoms with Crippen molar-refractivity contribution >= 4 is 29.0 Å². The van der Waals surface area contributed by atoms with Crippen molar-refractivity contribution in [3.05, 3.63) is 118 Å². The van der Waals surface area contributed by atoms with E-state index in [4.69, 9.17) is 0 Å². The van der Waals surface area contributed by atoms with Gasteiger partial charge in [0.15, 0.2) is 0 Å². The number of aryl methyl sites for hydroxylation is 2. The molecule has 0 radical (unpaired) electrons. The van der Waals surface area contributed by atoms with Crippen LogP contribution >= 0.6 is 0 Å². The fraction of sp³-hybridized carbons (Fsp3) is 0.138. The largest absolute Gasteiger partial charge is 0.343 e. The molecule has 3 N–H and O–H groups in total. The minimum absolute atomic E-state index is 0.272. The number of carbonyl (C=O) groups is 2. The van der Waals surface area contributed by atoms with Gasteiger partial charge in [-0.1, -0.05) is 54.1 Å². The highest BCUT2D eigenvalue weighted by molar-refractivity contribution is 6.09. The third-order valence-electron chi connectivity index (χ3n) is 6.37. The summed E-state index contributed by atoms with van der Waals surface area (Å²) < 4.78 is 16.6. The molecule has 5 rings (SSSR count). The number of hydrogen-bond acceptors (Lipinski definition) is 4. The number of carbonyl (C=O) groups excluding carboxylic acids is 2. The van der Waals surface area contributed by atoms with Gasteiger partial charge in [0.25, 0.3) is 11.8 Å². The summed E-state index contributed by atoms with van der Waals surface area (Å²) in [5.74, 6) is -0.858. The molecule has 2 amide bonds. The SMILES string of the molecule is CC1=C(C(=O)Nc2ccc(C)cc2C)[C@H](c2ccccc2F)n2ncc(C(=O)Nc3ccccc3)c2N1. The summed E-state index contributed by atoms with van der Waals surface area (Å²) in [6.45, 7) is 5.63. The van der Waals surface area contributed by atoms with Crippen LogP contribution in [0.2, 0.25) is 0 Å². The molecule has 1 atom stereocenters. The first-order valence-electron chi connectivity index (χ1n) is 11.9. The smallest absolute Gasteiger partial charge is 0.261 e. The van der Waals surface area contributed by atoms with Gasteiger partial charge in [-0.15, -0.1) is 0 Å². The Morgan fingerprint density at radius 1 is 0.919 bits per heavy atom. The molecule has 2 heterocycles. The van der Waals surface area contributed by atoms with Gasteiger partial charge in [0, 0.05) is 22.6 Å². The van der Waals surface area contributed by atoms with E-state index in [1.807, 2.05) is 50.2 Å². The summed E-state index contributed by atoms with van der Waals surface area (Å²) in [6, 6.07) is 20.2. The van der Waals surface area contributed by atoms with Crippen LogP contribution < -0.4 is 16.0 Å². The zero-order chi connectivity index (χ0) is 26.1. The molecule has 3 aromatic carbocycles. The van der Waals surface area contributed by atoms with Crippen molar-refractivity contribution in [2.75, 3.05) is 16.0 Å². The van der Waals surface area contributed by atoms with E-state index in [9.17, 15) is 9.59 Å². The van der Waals surface area contributed by atoms with Gasteiger partial charge in [0.2, 0.25) is 0 Å². The van der Waals surface area contributed by atoms with Crippen molar-refractivity contribution in [1.82, 2.24) is 9.78 Å². The molecule has 4 aromatic rings. The molecule has 8 heteroatoms. The topological polar surface area (TPSA) is 88.0 Å². The maximum atomic E-state index is 15.1. The van der Waals surface area contributed by atoms with Gasteiger partial charge in [0.05, 0.1) is 11.8 Å². The second-order valence-corrected chi connectivity index (χ2v) is 9.03. The number of benzene rings is 3. The predicted octanol–water partition coefficient (Wildman–Crippen LogP) is 5.82. The van der Waals surface area contributed by atoms with Crippen LogP contribution in [0, 0.1) is 19.7 Å². The highest BCUT2D eigenvalue weighted by Crippen LogP contribution is 2.39. The zero-order valence-electron chi connectivity index (χ0n) is 20.7. The van der Waals surface area contributed by atoms with Crippen LogP contribution in [-0.2, 0) is 4.79 Å². The number of hydrogen-bond donors (Lipinski definition) is 3. The lowest BCUT2D eigenvalue weighted by atomic mass is 9.94. The van der Waals surface area contributed by atoms with Crippen LogP contribution in [-0.4, -0.2) is 21.6 Å². The first kappa shape index (κ1) is 24.0. The molecule has 0 spiro atoms. The van der Waals surface area contributed by atoms with E-state index >= 15 is 4.39 Å². The van der Waals surface area contributed by atoms with E-state index in [0.29, 0.717) is 28.5 Å². The third kappa shape index (κ3) is 4.61. The number of aromatic nitrogens is 2. The lowest BCUT2D eigenvalue weighted by Gasteiger charge is -2.30. The highest BCUT2D eigenvalue weighted by atomic mass is 19.1. The number of allylic oxidation sites excluding steroid dienone is 1. The van der Waals surface area contributed by atoms with Crippen LogP contribution in [0.1, 0.15) is 40.0 Å². The number of halogens is 1. The van der Waals surface area contributed by atoms with Crippen molar-refractivity contribution in [3.8, 4) is 0 Å². The number of para-hydroxylation sites is 1. The van der Waals surface area contributed by atoms with Gasteiger partial charge in [-0.3, -0.25) is 9.59 Å². The lowest BCUT2D eigenvalue weighted by molar-refractivity contribution is -0.113. The highest BCUT2D eigenvalue weighted by Gasteiger charge is 2.36. The van der Waals surface area contributed by atoms with Crippen LogP contribution in [0.15, 0.2) is 90.3 Å². The molecule has 1 aliphatic heterocycles. The Balaban J connectivity index is 1.56. The number of nitrogens with zero attached hydrogens (tertiary/aromatic N) is 2. The number of anilines is 3. The molecule has 1 aromatic heterocycles. The normalized spacial score (nSPS) is 14.5. The van der Waals surface area contributed by atoms with Crippen LogP contribution in [0.25, 0.3) is 0 Å². The first-order valence-corrected chi connectivity index (χ1v) is 11.9. The van der Waals surface area contributed by atoms with Crippen molar-refractivity contribution < 1.29 is 14.0 Å². The van der Waals surface area contributed by atoms with Gasteiger partial charge >= 0.3 is 0 Å². The molecule has 0 aliphatic carbocycles. The Morgan fingerprint density at radius 2 is 1.65 bits per heavy atom. The van der Waals surface area contributed by atoms with Gasteiger partial charge in [-0.2, -0.15) is 5.10 Å². The molecule has 37 heavy (non-hydrogen) atoms. The zero-order valence-corrected chi connectivity index (χ0v) is 20.7. The molecule has 1 aliphatic rings. The van der Waals surface area contributed by atoms with Gasteiger partial charge in [-0.05, 0) is 50.6 Å². The molecule has 0 fully saturated rings. The van der Waals surface area contributed by atoms with Crippen molar-refractivity contribution in [2.45, 2.75) is 26.8 Å². The van der Waals surface area contributed by atoms with Crippen molar-refractivity contribution in [1.29, 1.82) is 0 Å². The molecule has 0 unspecified atom stereocenters. The molecule has 0 bridgehead atoms. The van der Waals surface area contributed by atoms with E-state index in [-0.39, 0.29) is 22.9 Å². The lowest BCUT2D eigenvalue weighted by Crippen LogP contribution is -2.32. The summed E-state index contributed by atoms with van der Waals surface area (Å²) in [6.07, 6.45) is 1.42. The quantitative estimate of drug-likeness (QED) is 0.326. The Kier molecular flexibility index (Phi) is 6.31. The second-order valence-electron chi connectivity index (χ2n) is 9.03. The van der Waals surface area contributed by atoms with Crippen molar-refractivity contribution in [3.63, 3.8) is 0 Å². The molecule has 0 saturated heterocycles. The van der Waals surface area contributed by atoms with Crippen molar-refractivity contribution in [2.24, 2.45) is 0 Å². The third-order valence-corrected chi connectivity index (χ3v) is 6.37. The van der Waals surface area contributed by atoms with Crippen LogP contribution in [0.5, 0.6) is 0 Å². The molecule has 0 saturated carbocycles. The molecule has 7 nitrogen and oxygen atoms in total. The van der Waals surface area contributed by atoms with Crippen LogP contribution in [0.4, 0.5) is 21.6 Å². The standard InChI is InChI=1S/C29H26FN5O2/c1-17-13-14-24(18(2)15-17)34-29(37)25-19(3)32-27-22(28(36)33-20-9-5-4-6-10-20)16-31-35(27)26(25)21-11-7-8-12-23(21)30/h4-16,26,32H,1-3H3,(H,33,36)(H,34,37)/t26-/m0/s1. The Bertz CT molecular complexity index is 1540.